The third kappa shape index (κ3) is 4.22. The molecule has 0 unspecified atom stereocenters. The molecule has 0 bridgehead atoms. The zero-order chi connectivity index (χ0) is 21.0. The predicted molar refractivity (Wildman–Crippen MR) is 111 cm³/mol. The van der Waals surface area contributed by atoms with Crippen molar-refractivity contribution in [3.05, 3.63) is 93.3 Å². The SMILES string of the molecule is Cc1cc(/C=C(\C#N)C(=O)Nc2ccccc2)c(C)n1-c1cccc([N+](=O)[O-])c1. The summed E-state index contributed by atoms with van der Waals surface area (Å²) in [4.78, 5) is 23.1. The minimum atomic E-state index is -0.501. The van der Waals surface area contributed by atoms with E-state index in [1.807, 2.05) is 36.6 Å². The van der Waals surface area contributed by atoms with Crippen LogP contribution in [0, 0.1) is 35.3 Å². The van der Waals surface area contributed by atoms with E-state index in [1.165, 1.54) is 18.2 Å². The number of para-hydroxylation sites is 1. The van der Waals surface area contributed by atoms with Crippen LogP contribution in [-0.2, 0) is 4.79 Å². The van der Waals surface area contributed by atoms with Crippen LogP contribution in [0.2, 0.25) is 0 Å². The largest absolute Gasteiger partial charge is 0.321 e. The first-order valence-electron chi connectivity index (χ1n) is 8.82. The molecule has 29 heavy (non-hydrogen) atoms. The summed E-state index contributed by atoms with van der Waals surface area (Å²) in [7, 11) is 0. The van der Waals surface area contributed by atoms with E-state index in [4.69, 9.17) is 0 Å². The van der Waals surface area contributed by atoms with Crippen molar-refractivity contribution in [2.24, 2.45) is 0 Å². The van der Waals surface area contributed by atoms with E-state index in [0.717, 1.165) is 11.4 Å². The predicted octanol–water partition coefficient (Wildman–Crippen LogP) is 4.55. The first-order chi connectivity index (χ1) is 13.9. The number of aryl methyl sites for hydroxylation is 1. The van der Waals surface area contributed by atoms with Crippen LogP contribution in [0.15, 0.2) is 66.2 Å². The molecule has 0 atom stereocenters. The standard InChI is InChI=1S/C22H18N4O3/c1-15-11-17(12-18(14-23)22(27)24-19-7-4-3-5-8-19)16(2)25(15)20-9-6-10-21(13-20)26(28)29/h3-13H,1-2H3,(H,24,27)/b18-12+. The van der Waals surface area contributed by atoms with Crippen LogP contribution in [0.5, 0.6) is 0 Å². The third-order valence-corrected chi connectivity index (χ3v) is 4.47. The van der Waals surface area contributed by atoms with E-state index in [9.17, 15) is 20.2 Å². The monoisotopic (exact) mass is 386 g/mol. The number of nitro benzene ring substituents is 1. The summed E-state index contributed by atoms with van der Waals surface area (Å²) < 4.78 is 1.85. The number of benzene rings is 2. The van der Waals surface area contributed by atoms with Gasteiger partial charge in [-0.25, -0.2) is 0 Å². The van der Waals surface area contributed by atoms with Crippen LogP contribution in [0.3, 0.4) is 0 Å². The quantitative estimate of drug-likeness (QED) is 0.301. The van der Waals surface area contributed by atoms with Gasteiger partial charge in [-0.05, 0) is 49.8 Å². The van der Waals surface area contributed by atoms with Gasteiger partial charge in [0.15, 0.2) is 0 Å². The molecule has 0 saturated carbocycles. The molecular formula is C22H18N4O3. The molecule has 3 aromatic rings. The summed E-state index contributed by atoms with van der Waals surface area (Å²) in [6.45, 7) is 3.70. The van der Waals surface area contributed by atoms with Crippen LogP contribution in [0.1, 0.15) is 17.0 Å². The summed E-state index contributed by atoms with van der Waals surface area (Å²) in [6, 6.07) is 19.0. The van der Waals surface area contributed by atoms with E-state index in [-0.39, 0.29) is 11.3 Å². The normalized spacial score (nSPS) is 11.0. The number of nitro groups is 1. The Labute approximate surface area is 167 Å². The van der Waals surface area contributed by atoms with E-state index in [0.29, 0.717) is 16.9 Å². The molecule has 1 N–H and O–H groups in total. The lowest BCUT2D eigenvalue weighted by Crippen LogP contribution is -2.13. The number of non-ortho nitro benzene ring substituents is 1. The number of carbonyl (C=O) groups excluding carboxylic acids is 1. The smallest absolute Gasteiger partial charge is 0.271 e. The Bertz CT molecular complexity index is 1150. The molecule has 0 radical (unpaired) electrons. The lowest BCUT2D eigenvalue weighted by atomic mass is 10.1. The van der Waals surface area contributed by atoms with E-state index < -0.39 is 10.8 Å². The number of hydrogen-bond acceptors (Lipinski definition) is 4. The molecule has 0 spiro atoms. The molecule has 0 aliphatic heterocycles. The fourth-order valence-corrected chi connectivity index (χ4v) is 3.10. The van der Waals surface area contributed by atoms with Crippen LogP contribution >= 0.6 is 0 Å². The second-order valence-corrected chi connectivity index (χ2v) is 6.43. The molecule has 7 heteroatoms. The highest BCUT2D eigenvalue weighted by Crippen LogP contribution is 2.25. The van der Waals surface area contributed by atoms with Crippen LogP contribution in [0.4, 0.5) is 11.4 Å². The van der Waals surface area contributed by atoms with Gasteiger partial charge in [0.25, 0.3) is 11.6 Å². The van der Waals surface area contributed by atoms with Gasteiger partial charge in [0.1, 0.15) is 11.6 Å². The molecule has 2 aromatic carbocycles. The molecule has 7 nitrogen and oxygen atoms in total. The minimum Gasteiger partial charge on any atom is -0.321 e. The highest BCUT2D eigenvalue weighted by molar-refractivity contribution is 6.09. The highest BCUT2D eigenvalue weighted by Gasteiger charge is 2.15. The zero-order valence-electron chi connectivity index (χ0n) is 15.9. The highest BCUT2D eigenvalue weighted by atomic mass is 16.6. The van der Waals surface area contributed by atoms with Crippen LogP contribution < -0.4 is 5.32 Å². The number of nitriles is 1. The van der Waals surface area contributed by atoms with Crippen LogP contribution in [0.25, 0.3) is 11.8 Å². The Hall–Kier alpha value is -4.18. The van der Waals surface area contributed by atoms with Crippen molar-refractivity contribution >= 4 is 23.4 Å². The lowest BCUT2D eigenvalue weighted by molar-refractivity contribution is -0.384. The summed E-state index contributed by atoms with van der Waals surface area (Å²) in [5.41, 5.74) is 3.48. The summed E-state index contributed by atoms with van der Waals surface area (Å²) >= 11 is 0. The van der Waals surface area contributed by atoms with E-state index in [1.54, 1.807) is 36.4 Å². The van der Waals surface area contributed by atoms with Crippen molar-refractivity contribution in [1.29, 1.82) is 5.26 Å². The van der Waals surface area contributed by atoms with Crippen molar-refractivity contribution in [2.45, 2.75) is 13.8 Å². The van der Waals surface area contributed by atoms with Gasteiger partial charge in [0.05, 0.1) is 10.6 Å². The Balaban J connectivity index is 1.96. The van der Waals surface area contributed by atoms with Crippen molar-refractivity contribution in [3.63, 3.8) is 0 Å². The van der Waals surface area contributed by atoms with Crippen molar-refractivity contribution in [3.8, 4) is 11.8 Å². The van der Waals surface area contributed by atoms with Crippen molar-refractivity contribution in [1.82, 2.24) is 4.57 Å². The number of nitrogens with one attached hydrogen (secondary N) is 1. The molecule has 0 saturated heterocycles. The zero-order valence-corrected chi connectivity index (χ0v) is 15.9. The van der Waals surface area contributed by atoms with Gasteiger partial charge in [-0.1, -0.05) is 24.3 Å². The molecule has 0 fully saturated rings. The average Bonchev–Trinajstić information content (AvgIpc) is 2.99. The molecular weight excluding hydrogens is 368 g/mol. The Kier molecular flexibility index (Phi) is 5.56. The van der Waals surface area contributed by atoms with Gasteiger partial charge in [0.2, 0.25) is 0 Å². The number of carbonyl (C=O) groups is 1. The van der Waals surface area contributed by atoms with Gasteiger partial charge in [-0.2, -0.15) is 5.26 Å². The summed E-state index contributed by atoms with van der Waals surface area (Å²) in [5.74, 6) is -0.501. The number of anilines is 1. The summed E-state index contributed by atoms with van der Waals surface area (Å²) in [5, 5.41) is 23.2. The third-order valence-electron chi connectivity index (χ3n) is 4.47. The van der Waals surface area contributed by atoms with Gasteiger partial charge < -0.3 is 9.88 Å². The fourth-order valence-electron chi connectivity index (χ4n) is 3.10. The van der Waals surface area contributed by atoms with E-state index in [2.05, 4.69) is 5.32 Å². The van der Waals surface area contributed by atoms with Gasteiger partial charge >= 0.3 is 0 Å². The first kappa shape index (κ1) is 19.6. The number of aromatic nitrogens is 1. The average molecular weight is 386 g/mol. The fraction of sp³-hybridized carbons (Fsp3) is 0.0909. The van der Waals surface area contributed by atoms with Gasteiger partial charge in [0, 0.05) is 29.2 Å². The topological polar surface area (TPSA) is 101 Å². The number of hydrogen-bond donors (Lipinski definition) is 1. The van der Waals surface area contributed by atoms with E-state index >= 15 is 0 Å². The van der Waals surface area contributed by atoms with Gasteiger partial charge in [-0.15, -0.1) is 0 Å². The number of amides is 1. The second-order valence-electron chi connectivity index (χ2n) is 6.43. The molecule has 1 aromatic heterocycles. The Morgan fingerprint density at radius 1 is 1.14 bits per heavy atom. The maximum atomic E-state index is 12.5. The van der Waals surface area contributed by atoms with Gasteiger partial charge in [-0.3, -0.25) is 14.9 Å². The molecule has 144 valence electrons. The lowest BCUT2D eigenvalue weighted by Gasteiger charge is -2.09. The summed E-state index contributed by atoms with van der Waals surface area (Å²) in [6.07, 6.45) is 1.52. The molecule has 1 heterocycles. The molecule has 1 amide bonds. The van der Waals surface area contributed by atoms with Crippen LogP contribution in [-0.4, -0.2) is 15.4 Å². The Morgan fingerprint density at radius 2 is 1.86 bits per heavy atom. The maximum absolute atomic E-state index is 12.5. The second kappa shape index (κ2) is 8.23. The molecule has 0 aliphatic rings. The Morgan fingerprint density at radius 3 is 2.52 bits per heavy atom. The number of nitrogens with zero attached hydrogens (tertiary/aromatic N) is 3. The van der Waals surface area contributed by atoms with Crippen molar-refractivity contribution in [2.75, 3.05) is 5.32 Å². The molecule has 3 rings (SSSR count). The minimum absolute atomic E-state index is 0.00737. The first-order valence-corrected chi connectivity index (χ1v) is 8.82. The molecule has 0 aliphatic carbocycles. The van der Waals surface area contributed by atoms with Crippen molar-refractivity contribution < 1.29 is 9.72 Å². The number of rotatable bonds is 5. The maximum Gasteiger partial charge on any atom is 0.271 e.